The number of para-hydroxylation sites is 1. The van der Waals surface area contributed by atoms with E-state index in [4.69, 9.17) is 0 Å². The second-order valence-electron chi connectivity index (χ2n) is 6.12. The Bertz CT molecular complexity index is 657. The number of nitrogens with one attached hydrogen (secondary N) is 2. The molecule has 1 aromatic heterocycles. The molecule has 3 rings (SSSR count). The van der Waals surface area contributed by atoms with Gasteiger partial charge >= 0.3 is 6.03 Å². The number of benzene rings is 1. The predicted octanol–water partition coefficient (Wildman–Crippen LogP) is 1.59. The fourth-order valence-electron chi connectivity index (χ4n) is 3.09. The summed E-state index contributed by atoms with van der Waals surface area (Å²) in [6, 6.07) is 8.33. The largest absolute Gasteiger partial charge is 0.374 e. The van der Waals surface area contributed by atoms with Gasteiger partial charge in [0.15, 0.2) is 0 Å². The molecule has 0 aliphatic carbocycles. The fraction of sp³-hybridized carbons (Fsp3) is 0.471. The smallest absolute Gasteiger partial charge is 0.314 e. The number of hydrogen-bond acceptors (Lipinski definition) is 4. The monoisotopic (exact) mass is 328 g/mol. The highest BCUT2D eigenvalue weighted by atomic mass is 16.2. The molecular formula is C17H24N6O. The zero-order valence-electron chi connectivity index (χ0n) is 14.0. The van der Waals surface area contributed by atoms with Gasteiger partial charge in [0, 0.05) is 51.0 Å². The molecule has 0 saturated heterocycles. The van der Waals surface area contributed by atoms with Crippen molar-refractivity contribution < 1.29 is 4.79 Å². The molecule has 0 fully saturated rings. The van der Waals surface area contributed by atoms with Crippen LogP contribution in [-0.4, -0.2) is 47.7 Å². The normalized spacial score (nSPS) is 16.5. The Balaban J connectivity index is 1.41. The summed E-state index contributed by atoms with van der Waals surface area (Å²) in [6.07, 6.45) is 5.35. The molecule has 0 bridgehead atoms. The molecular weight excluding hydrogens is 304 g/mol. The number of nitrogens with zero attached hydrogens (tertiary/aromatic N) is 4. The van der Waals surface area contributed by atoms with E-state index in [0.29, 0.717) is 19.0 Å². The van der Waals surface area contributed by atoms with Gasteiger partial charge < -0.3 is 15.5 Å². The molecule has 7 heteroatoms. The van der Waals surface area contributed by atoms with Crippen LogP contribution in [0.15, 0.2) is 36.7 Å². The van der Waals surface area contributed by atoms with Crippen molar-refractivity contribution in [1.82, 2.24) is 25.6 Å². The molecule has 1 aromatic carbocycles. The maximum atomic E-state index is 12.0. The van der Waals surface area contributed by atoms with Crippen LogP contribution < -0.4 is 15.5 Å². The first-order valence-electron chi connectivity index (χ1n) is 8.40. The number of carbonyl (C=O) groups excluding carboxylic acids is 1. The highest BCUT2D eigenvalue weighted by Gasteiger charge is 2.22. The Hall–Kier alpha value is -2.57. The van der Waals surface area contributed by atoms with Crippen LogP contribution in [0.1, 0.15) is 24.3 Å². The van der Waals surface area contributed by atoms with Gasteiger partial charge in [0.05, 0.1) is 6.20 Å². The number of fused-ring (bicyclic) bond motifs is 1. The molecule has 2 aromatic rings. The number of urea groups is 1. The maximum Gasteiger partial charge on any atom is 0.314 e. The number of amides is 2. The Morgan fingerprint density at radius 1 is 1.33 bits per heavy atom. The minimum Gasteiger partial charge on any atom is -0.374 e. The average Bonchev–Trinajstić information content (AvgIpc) is 3.12. The van der Waals surface area contributed by atoms with Gasteiger partial charge in [-0.25, -0.2) is 4.79 Å². The summed E-state index contributed by atoms with van der Waals surface area (Å²) < 4.78 is 1.76. The van der Waals surface area contributed by atoms with Crippen LogP contribution in [0.5, 0.6) is 0 Å². The van der Waals surface area contributed by atoms with E-state index in [0.717, 1.165) is 25.9 Å². The summed E-state index contributed by atoms with van der Waals surface area (Å²) >= 11 is 0. The first kappa shape index (κ1) is 16.3. The molecule has 0 spiro atoms. The van der Waals surface area contributed by atoms with Gasteiger partial charge in [0.2, 0.25) is 0 Å². The molecule has 0 saturated carbocycles. The van der Waals surface area contributed by atoms with Gasteiger partial charge in [0.25, 0.3) is 0 Å². The lowest BCUT2D eigenvalue weighted by molar-refractivity contribution is 0.239. The van der Waals surface area contributed by atoms with E-state index in [1.807, 2.05) is 6.20 Å². The van der Waals surface area contributed by atoms with Crippen molar-refractivity contribution in [2.24, 2.45) is 0 Å². The summed E-state index contributed by atoms with van der Waals surface area (Å²) in [6.45, 7) is 3.06. The van der Waals surface area contributed by atoms with Gasteiger partial charge in [-0.2, -0.15) is 0 Å². The zero-order chi connectivity index (χ0) is 16.8. The number of hydrogen-bond donors (Lipinski definition) is 2. The minimum absolute atomic E-state index is 0.106. The Labute approximate surface area is 142 Å². The van der Waals surface area contributed by atoms with Gasteiger partial charge in [-0.3, -0.25) is 4.68 Å². The van der Waals surface area contributed by atoms with Crippen molar-refractivity contribution in [1.29, 1.82) is 0 Å². The number of rotatable bonds is 6. The van der Waals surface area contributed by atoms with Crippen LogP contribution >= 0.6 is 0 Å². The van der Waals surface area contributed by atoms with E-state index < -0.39 is 0 Å². The van der Waals surface area contributed by atoms with E-state index in [1.54, 1.807) is 10.9 Å². The minimum atomic E-state index is -0.106. The zero-order valence-corrected chi connectivity index (χ0v) is 14.0. The summed E-state index contributed by atoms with van der Waals surface area (Å²) in [7, 11) is 2.12. The summed E-state index contributed by atoms with van der Waals surface area (Å²) in [5, 5.41) is 13.5. The molecule has 2 amide bonds. The molecule has 0 radical (unpaired) electrons. The van der Waals surface area contributed by atoms with Crippen molar-refractivity contribution in [3.8, 4) is 0 Å². The number of aryl methyl sites for hydroxylation is 1. The molecule has 2 N–H and O–H groups in total. The SMILES string of the molecule is CN1CC[C@@H](CNC(=O)NCCCn2ccnn2)c2ccccc21. The van der Waals surface area contributed by atoms with E-state index in [-0.39, 0.29) is 6.03 Å². The lowest BCUT2D eigenvalue weighted by atomic mass is 9.90. The van der Waals surface area contributed by atoms with Crippen LogP contribution in [0.3, 0.4) is 0 Å². The van der Waals surface area contributed by atoms with Crippen molar-refractivity contribution >= 4 is 11.7 Å². The predicted molar refractivity (Wildman–Crippen MR) is 93.1 cm³/mol. The third-order valence-corrected chi connectivity index (χ3v) is 4.43. The highest BCUT2D eigenvalue weighted by molar-refractivity contribution is 5.74. The fourth-order valence-corrected chi connectivity index (χ4v) is 3.09. The van der Waals surface area contributed by atoms with Crippen LogP contribution in [0.4, 0.5) is 10.5 Å². The summed E-state index contributed by atoms with van der Waals surface area (Å²) in [5.74, 6) is 0.373. The second-order valence-corrected chi connectivity index (χ2v) is 6.12. The van der Waals surface area contributed by atoms with Crippen molar-refractivity contribution in [3.05, 3.63) is 42.2 Å². The van der Waals surface area contributed by atoms with Crippen molar-refractivity contribution in [2.45, 2.75) is 25.3 Å². The number of anilines is 1. The van der Waals surface area contributed by atoms with Gasteiger partial charge in [-0.05, 0) is 24.5 Å². The van der Waals surface area contributed by atoms with Crippen LogP contribution in [0, 0.1) is 0 Å². The van der Waals surface area contributed by atoms with Crippen LogP contribution in [-0.2, 0) is 6.54 Å². The quantitative estimate of drug-likeness (QED) is 0.790. The average molecular weight is 328 g/mol. The standard InChI is InChI=1S/C17H24N6O/c1-22-11-7-14(15-5-2-3-6-16(15)22)13-19-17(24)18-8-4-10-23-12-9-20-21-23/h2-3,5-6,9,12,14H,4,7-8,10-11,13H2,1H3,(H2,18,19,24)/t14-/m0/s1. The van der Waals surface area contributed by atoms with E-state index in [9.17, 15) is 4.79 Å². The summed E-state index contributed by atoms with van der Waals surface area (Å²) in [4.78, 5) is 14.2. The van der Waals surface area contributed by atoms with Crippen molar-refractivity contribution in [2.75, 3.05) is 31.6 Å². The molecule has 1 aliphatic rings. The van der Waals surface area contributed by atoms with E-state index >= 15 is 0 Å². The lowest BCUT2D eigenvalue weighted by Gasteiger charge is -2.33. The van der Waals surface area contributed by atoms with Gasteiger partial charge in [0.1, 0.15) is 0 Å². The number of carbonyl (C=O) groups is 1. The third-order valence-electron chi connectivity index (χ3n) is 4.43. The first-order valence-corrected chi connectivity index (χ1v) is 8.40. The topological polar surface area (TPSA) is 75.1 Å². The summed E-state index contributed by atoms with van der Waals surface area (Å²) in [5.41, 5.74) is 2.58. The van der Waals surface area contributed by atoms with Gasteiger partial charge in [-0.1, -0.05) is 23.4 Å². The number of aromatic nitrogens is 3. The Morgan fingerprint density at radius 3 is 3.04 bits per heavy atom. The Kier molecular flexibility index (Phi) is 5.30. The third kappa shape index (κ3) is 4.04. The molecule has 2 heterocycles. The van der Waals surface area contributed by atoms with E-state index in [1.165, 1.54) is 11.3 Å². The molecule has 1 aliphatic heterocycles. The maximum absolute atomic E-state index is 12.0. The Morgan fingerprint density at radius 2 is 2.21 bits per heavy atom. The van der Waals surface area contributed by atoms with E-state index in [2.05, 4.69) is 57.2 Å². The molecule has 24 heavy (non-hydrogen) atoms. The van der Waals surface area contributed by atoms with Crippen molar-refractivity contribution in [3.63, 3.8) is 0 Å². The molecule has 0 unspecified atom stereocenters. The highest BCUT2D eigenvalue weighted by Crippen LogP contribution is 2.33. The van der Waals surface area contributed by atoms with Gasteiger partial charge in [-0.15, -0.1) is 5.10 Å². The molecule has 128 valence electrons. The van der Waals surface area contributed by atoms with Crippen LogP contribution in [0.2, 0.25) is 0 Å². The lowest BCUT2D eigenvalue weighted by Crippen LogP contribution is -2.40. The van der Waals surface area contributed by atoms with Crippen LogP contribution in [0.25, 0.3) is 0 Å². The first-order chi connectivity index (χ1) is 11.7. The molecule has 1 atom stereocenters. The molecule has 7 nitrogen and oxygen atoms in total. The second kappa shape index (κ2) is 7.81.